The molecule has 0 spiro atoms. The summed E-state index contributed by atoms with van der Waals surface area (Å²) in [5.41, 5.74) is 0.0204. The summed E-state index contributed by atoms with van der Waals surface area (Å²) < 4.78 is 13.2. The van der Waals surface area contributed by atoms with Gasteiger partial charge in [-0.05, 0) is 48.4 Å². The molecule has 0 bridgehead atoms. The van der Waals surface area contributed by atoms with Gasteiger partial charge in [-0.15, -0.1) is 11.3 Å². The SMILES string of the molecule is O=C(NCC1(O)CCCC1)C(Cc1cccs1)c1ccc(F)cc1. The number of carbonyl (C=O) groups is 1. The van der Waals surface area contributed by atoms with E-state index in [2.05, 4.69) is 5.32 Å². The van der Waals surface area contributed by atoms with E-state index < -0.39 is 5.60 Å². The zero-order chi connectivity index (χ0) is 17.0. The van der Waals surface area contributed by atoms with Crippen LogP contribution >= 0.6 is 11.3 Å². The summed E-state index contributed by atoms with van der Waals surface area (Å²) in [7, 11) is 0. The smallest absolute Gasteiger partial charge is 0.228 e. The van der Waals surface area contributed by atoms with Gasteiger partial charge in [-0.1, -0.05) is 31.0 Å². The van der Waals surface area contributed by atoms with E-state index >= 15 is 0 Å². The highest BCUT2D eigenvalue weighted by Crippen LogP contribution is 2.29. The van der Waals surface area contributed by atoms with Crippen LogP contribution in [0.2, 0.25) is 0 Å². The molecule has 3 rings (SSSR count). The van der Waals surface area contributed by atoms with Gasteiger partial charge in [0, 0.05) is 11.4 Å². The fourth-order valence-corrected chi connectivity index (χ4v) is 4.02. The first-order chi connectivity index (χ1) is 11.6. The lowest BCUT2D eigenvalue weighted by atomic mass is 9.93. The number of aliphatic hydroxyl groups is 1. The summed E-state index contributed by atoms with van der Waals surface area (Å²) in [6, 6.07) is 10.1. The first kappa shape index (κ1) is 17.1. The molecular weight excluding hydrogens is 325 g/mol. The van der Waals surface area contributed by atoms with Gasteiger partial charge < -0.3 is 10.4 Å². The van der Waals surface area contributed by atoms with Crippen molar-refractivity contribution in [2.24, 2.45) is 0 Å². The van der Waals surface area contributed by atoms with Gasteiger partial charge in [-0.3, -0.25) is 4.79 Å². The number of amides is 1. The molecule has 5 heteroatoms. The predicted molar refractivity (Wildman–Crippen MR) is 93.6 cm³/mol. The average molecular weight is 347 g/mol. The number of benzene rings is 1. The normalized spacial score (nSPS) is 17.6. The summed E-state index contributed by atoms with van der Waals surface area (Å²) in [6.07, 6.45) is 4.05. The molecule has 1 heterocycles. The van der Waals surface area contributed by atoms with Crippen molar-refractivity contribution in [3.05, 3.63) is 58.0 Å². The average Bonchev–Trinajstić information content (AvgIpc) is 3.24. The second-order valence-electron chi connectivity index (χ2n) is 6.54. The maximum atomic E-state index is 13.2. The monoisotopic (exact) mass is 347 g/mol. The molecule has 1 fully saturated rings. The van der Waals surface area contributed by atoms with Gasteiger partial charge in [0.1, 0.15) is 5.82 Å². The van der Waals surface area contributed by atoms with E-state index in [0.717, 1.165) is 36.1 Å². The van der Waals surface area contributed by atoms with Crippen molar-refractivity contribution in [2.75, 3.05) is 6.54 Å². The zero-order valence-electron chi connectivity index (χ0n) is 13.5. The molecule has 24 heavy (non-hydrogen) atoms. The fraction of sp³-hybridized carbons (Fsp3) is 0.421. The Morgan fingerprint density at radius 3 is 2.58 bits per heavy atom. The Morgan fingerprint density at radius 2 is 1.96 bits per heavy atom. The quantitative estimate of drug-likeness (QED) is 0.838. The Bertz CT molecular complexity index is 663. The van der Waals surface area contributed by atoms with Crippen molar-refractivity contribution in [3.8, 4) is 0 Å². The van der Waals surface area contributed by atoms with E-state index in [1.54, 1.807) is 23.5 Å². The molecular formula is C19H22FNO2S. The molecule has 2 aromatic rings. The molecule has 1 atom stereocenters. The van der Waals surface area contributed by atoms with Crippen molar-refractivity contribution in [1.29, 1.82) is 0 Å². The van der Waals surface area contributed by atoms with Gasteiger partial charge in [0.2, 0.25) is 5.91 Å². The first-order valence-electron chi connectivity index (χ1n) is 8.34. The van der Waals surface area contributed by atoms with E-state index in [1.807, 2.05) is 17.5 Å². The highest BCUT2D eigenvalue weighted by molar-refractivity contribution is 7.09. The van der Waals surface area contributed by atoms with Crippen LogP contribution in [0.25, 0.3) is 0 Å². The van der Waals surface area contributed by atoms with Gasteiger partial charge >= 0.3 is 0 Å². The molecule has 1 unspecified atom stereocenters. The van der Waals surface area contributed by atoms with Crippen molar-refractivity contribution in [1.82, 2.24) is 5.32 Å². The van der Waals surface area contributed by atoms with Crippen LogP contribution in [0.1, 0.15) is 42.0 Å². The van der Waals surface area contributed by atoms with Crippen LogP contribution in [-0.4, -0.2) is 23.2 Å². The molecule has 0 aliphatic heterocycles. The number of thiophene rings is 1. The largest absolute Gasteiger partial charge is 0.388 e. The number of carbonyl (C=O) groups excluding carboxylic acids is 1. The Kier molecular flexibility index (Phi) is 5.31. The summed E-state index contributed by atoms with van der Waals surface area (Å²) >= 11 is 1.61. The van der Waals surface area contributed by atoms with Gasteiger partial charge in [-0.2, -0.15) is 0 Å². The topological polar surface area (TPSA) is 49.3 Å². The number of halogens is 1. The third-order valence-corrected chi connectivity index (χ3v) is 5.60. The highest BCUT2D eigenvalue weighted by atomic mass is 32.1. The van der Waals surface area contributed by atoms with Crippen LogP contribution in [-0.2, 0) is 11.2 Å². The molecule has 1 aliphatic carbocycles. The number of rotatable bonds is 6. The van der Waals surface area contributed by atoms with Crippen molar-refractivity contribution < 1.29 is 14.3 Å². The highest BCUT2D eigenvalue weighted by Gasteiger charge is 2.32. The van der Waals surface area contributed by atoms with Crippen LogP contribution in [0.3, 0.4) is 0 Å². The fourth-order valence-electron chi connectivity index (χ4n) is 3.27. The molecule has 1 amide bonds. The van der Waals surface area contributed by atoms with E-state index in [0.29, 0.717) is 6.42 Å². The Morgan fingerprint density at radius 1 is 1.25 bits per heavy atom. The van der Waals surface area contributed by atoms with Crippen LogP contribution in [0, 0.1) is 5.82 Å². The number of hydrogen-bond acceptors (Lipinski definition) is 3. The molecule has 1 aliphatic rings. The number of hydrogen-bond donors (Lipinski definition) is 2. The lowest BCUT2D eigenvalue weighted by Gasteiger charge is -2.24. The first-order valence-corrected chi connectivity index (χ1v) is 9.22. The minimum Gasteiger partial charge on any atom is -0.388 e. The standard InChI is InChI=1S/C19H22FNO2S/c20-15-7-5-14(6-8-15)17(12-16-4-3-11-24-16)18(22)21-13-19(23)9-1-2-10-19/h3-8,11,17,23H,1-2,9-10,12-13H2,(H,21,22). The molecule has 1 aromatic carbocycles. The van der Waals surface area contributed by atoms with Crippen molar-refractivity contribution >= 4 is 17.2 Å². The molecule has 2 N–H and O–H groups in total. The molecule has 1 saturated carbocycles. The minimum atomic E-state index is -0.772. The second-order valence-corrected chi connectivity index (χ2v) is 7.57. The second kappa shape index (κ2) is 7.45. The number of nitrogens with one attached hydrogen (secondary N) is 1. The van der Waals surface area contributed by atoms with Crippen LogP contribution in [0.4, 0.5) is 4.39 Å². The van der Waals surface area contributed by atoms with Crippen LogP contribution < -0.4 is 5.32 Å². The predicted octanol–water partition coefficient (Wildman–Crippen LogP) is 3.63. The Labute approximate surface area is 145 Å². The van der Waals surface area contributed by atoms with E-state index in [9.17, 15) is 14.3 Å². The van der Waals surface area contributed by atoms with Crippen LogP contribution in [0.15, 0.2) is 41.8 Å². The maximum absolute atomic E-state index is 13.2. The van der Waals surface area contributed by atoms with E-state index in [4.69, 9.17) is 0 Å². The van der Waals surface area contributed by atoms with Crippen LogP contribution in [0.5, 0.6) is 0 Å². The van der Waals surface area contributed by atoms with Crippen molar-refractivity contribution in [2.45, 2.75) is 43.6 Å². The summed E-state index contributed by atoms with van der Waals surface area (Å²) in [6.45, 7) is 0.286. The third-order valence-electron chi connectivity index (χ3n) is 4.70. The molecule has 0 radical (unpaired) electrons. The summed E-state index contributed by atoms with van der Waals surface area (Å²) in [5, 5.41) is 15.3. The molecule has 0 saturated heterocycles. The lowest BCUT2D eigenvalue weighted by Crippen LogP contribution is -2.42. The molecule has 128 valence electrons. The molecule has 3 nitrogen and oxygen atoms in total. The summed E-state index contributed by atoms with van der Waals surface area (Å²) in [4.78, 5) is 13.9. The molecule has 1 aromatic heterocycles. The Hall–Kier alpha value is -1.72. The van der Waals surface area contributed by atoms with Gasteiger partial charge in [0.25, 0.3) is 0 Å². The van der Waals surface area contributed by atoms with E-state index in [1.165, 1.54) is 12.1 Å². The van der Waals surface area contributed by atoms with Gasteiger partial charge in [0.05, 0.1) is 11.5 Å². The van der Waals surface area contributed by atoms with Gasteiger partial charge in [-0.25, -0.2) is 4.39 Å². The summed E-state index contributed by atoms with van der Waals surface area (Å²) in [5.74, 6) is -0.807. The van der Waals surface area contributed by atoms with E-state index in [-0.39, 0.29) is 24.2 Å². The van der Waals surface area contributed by atoms with Crippen molar-refractivity contribution in [3.63, 3.8) is 0 Å². The lowest BCUT2D eigenvalue weighted by molar-refractivity contribution is -0.123. The Balaban J connectivity index is 1.73. The third kappa shape index (κ3) is 4.22. The van der Waals surface area contributed by atoms with Gasteiger partial charge in [0.15, 0.2) is 0 Å². The maximum Gasteiger partial charge on any atom is 0.228 e. The zero-order valence-corrected chi connectivity index (χ0v) is 14.3. The minimum absolute atomic E-state index is 0.115.